The summed E-state index contributed by atoms with van der Waals surface area (Å²) in [6.45, 7) is 1.38. The van der Waals surface area contributed by atoms with Gasteiger partial charge in [-0.1, -0.05) is 72.8 Å². The van der Waals surface area contributed by atoms with Crippen molar-refractivity contribution in [2.45, 2.75) is 37.1 Å². The van der Waals surface area contributed by atoms with E-state index in [1.54, 1.807) is 0 Å². The Bertz CT molecular complexity index is 1310. The third-order valence-corrected chi connectivity index (χ3v) is 6.29. The molecule has 38 heavy (non-hydrogen) atoms. The highest BCUT2D eigenvalue weighted by Gasteiger charge is 2.34. The molecule has 0 saturated carbocycles. The van der Waals surface area contributed by atoms with Crippen LogP contribution in [0.15, 0.2) is 91.0 Å². The predicted octanol–water partition coefficient (Wildman–Crippen LogP) is 3.20. The fraction of sp³-hybridized carbons (Fsp3) is 0.207. The van der Waals surface area contributed by atoms with Gasteiger partial charge in [-0.05, 0) is 35.7 Å². The number of carbonyl (C=O) groups is 3. The van der Waals surface area contributed by atoms with Crippen molar-refractivity contribution in [3.63, 3.8) is 0 Å². The number of hydrogen-bond donors (Lipinski definition) is 4. The normalized spacial score (nSPS) is 20.5. The average molecular weight is 520 g/mol. The SMILES string of the molecule is C[C@H](NC(=O)[C@H](O)c1cc(F)cc(F)c1)C(=O)N[C@@H]1C(=O)N[C@H](c2ccccc2)C=C[C@H]1c1ccccc1. The zero-order valence-corrected chi connectivity index (χ0v) is 20.5. The number of nitrogens with one attached hydrogen (secondary N) is 3. The molecular formula is C29H27F2N3O4. The number of carbonyl (C=O) groups excluding carboxylic acids is 3. The van der Waals surface area contributed by atoms with Gasteiger partial charge in [-0.3, -0.25) is 14.4 Å². The number of hydrogen-bond acceptors (Lipinski definition) is 4. The van der Waals surface area contributed by atoms with E-state index >= 15 is 0 Å². The lowest BCUT2D eigenvalue weighted by Gasteiger charge is -2.26. The fourth-order valence-corrected chi connectivity index (χ4v) is 4.31. The summed E-state index contributed by atoms with van der Waals surface area (Å²) >= 11 is 0. The van der Waals surface area contributed by atoms with Crippen LogP contribution in [-0.2, 0) is 14.4 Å². The maximum Gasteiger partial charge on any atom is 0.254 e. The van der Waals surface area contributed by atoms with Crippen LogP contribution in [-0.4, -0.2) is 34.9 Å². The molecule has 1 heterocycles. The largest absolute Gasteiger partial charge is 0.378 e. The van der Waals surface area contributed by atoms with Crippen LogP contribution < -0.4 is 16.0 Å². The van der Waals surface area contributed by atoms with E-state index in [0.717, 1.165) is 23.3 Å². The van der Waals surface area contributed by atoms with Gasteiger partial charge < -0.3 is 21.1 Å². The van der Waals surface area contributed by atoms with Gasteiger partial charge >= 0.3 is 0 Å². The second-order valence-electron chi connectivity index (χ2n) is 9.04. The molecule has 0 aromatic heterocycles. The Morgan fingerprint density at radius 2 is 1.45 bits per heavy atom. The van der Waals surface area contributed by atoms with E-state index < -0.39 is 59.5 Å². The van der Waals surface area contributed by atoms with E-state index in [0.29, 0.717) is 6.07 Å². The number of halogens is 2. The number of amides is 3. The molecule has 0 bridgehead atoms. The predicted molar refractivity (Wildman–Crippen MR) is 137 cm³/mol. The van der Waals surface area contributed by atoms with Crippen LogP contribution in [0.5, 0.6) is 0 Å². The Balaban J connectivity index is 1.50. The Morgan fingerprint density at radius 3 is 2.05 bits per heavy atom. The first kappa shape index (κ1) is 26.7. The molecule has 0 saturated heterocycles. The van der Waals surface area contributed by atoms with E-state index in [9.17, 15) is 28.3 Å². The molecule has 4 N–H and O–H groups in total. The minimum atomic E-state index is -1.90. The average Bonchev–Trinajstić information content (AvgIpc) is 3.07. The Morgan fingerprint density at radius 1 is 0.868 bits per heavy atom. The van der Waals surface area contributed by atoms with Gasteiger partial charge in [0.1, 0.15) is 23.7 Å². The second-order valence-corrected chi connectivity index (χ2v) is 9.04. The van der Waals surface area contributed by atoms with Crippen LogP contribution in [0.1, 0.15) is 41.7 Å². The van der Waals surface area contributed by atoms with Crippen LogP contribution in [0.4, 0.5) is 8.78 Å². The van der Waals surface area contributed by atoms with Gasteiger partial charge in [-0.25, -0.2) is 8.78 Å². The van der Waals surface area contributed by atoms with Gasteiger partial charge in [0, 0.05) is 12.0 Å². The monoisotopic (exact) mass is 519 g/mol. The molecule has 1 aliphatic rings. The van der Waals surface area contributed by atoms with E-state index in [-0.39, 0.29) is 5.56 Å². The lowest BCUT2D eigenvalue weighted by atomic mass is 9.90. The highest BCUT2D eigenvalue weighted by molar-refractivity contribution is 5.93. The molecule has 196 valence electrons. The number of aliphatic hydroxyl groups is 1. The fourth-order valence-electron chi connectivity index (χ4n) is 4.31. The third-order valence-electron chi connectivity index (χ3n) is 6.29. The maximum absolute atomic E-state index is 13.5. The summed E-state index contributed by atoms with van der Waals surface area (Å²) in [6.07, 6.45) is 1.83. The van der Waals surface area contributed by atoms with Crippen molar-refractivity contribution in [1.29, 1.82) is 0 Å². The molecule has 0 spiro atoms. The molecule has 0 unspecified atom stereocenters. The van der Waals surface area contributed by atoms with Crippen LogP contribution >= 0.6 is 0 Å². The van der Waals surface area contributed by atoms with Gasteiger partial charge in [0.15, 0.2) is 6.10 Å². The molecule has 7 nitrogen and oxygen atoms in total. The van der Waals surface area contributed by atoms with Gasteiger partial charge in [-0.2, -0.15) is 0 Å². The van der Waals surface area contributed by atoms with E-state index in [1.165, 1.54) is 6.92 Å². The number of rotatable bonds is 7. The van der Waals surface area contributed by atoms with Crippen LogP contribution in [0.2, 0.25) is 0 Å². The summed E-state index contributed by atoms with van der Waals surface area (Å²) in [7, 11) is 0. The first-order valence-electron chi connectivity index (χ1n) is 12.1. The summed E-state index contributed by atoms with van der Waals surface area (Å²) in [5.41, 5.74) is 1.38. The molecule has 3 aromatic rings. The topological polar surface area (TPSA) is 108 Å². The zero-order chi connectivity index (χ0) is 27.2. The molecule has 1 aliphatic heterocycles. The molecule has 9 heteroatoms. The summed E-state index contributed by atoms with van der Waals surface area (Å²) in [6, 6.07) is 18.3. The summed E-state index contributed by atoms with van der Waals surface area (Å²) in [4.78, 5) is 38.9. The molecule has 3 amide bonds. The Labute approximate surface area is 218 Å². The summed E-state index contributed by atoms with van der Waals surface area (Å²) < 4.78 is 27.0. The lowest BCUT2D eigenvalue weighted by molar-refractivity contribution is -0.135. The minimum Gasteiger partial charge on any atom is -0.378 e. The van der Waals surface area contributed by atoms with Crippen molar-refractivity contribution in [3.8, 4) is 0 Å². The number of benzene rings is 3. The smallest absolute Gasteiger partial charge is 0.254 e. The third kappa shape index (κ3) is 6.30. The van der Waals surface area contributed by atoms with Gasteiger partial charge in [0.25, 0.3) is 5.91 Å². The van der Waals surface area contributed by atoms with Gasteiger partial charge in [0.2, 0.25) is 11.8 Å². The highest BCUT2D eigenvalue weighted by Crippen LogP contribution is 2.28. The lowest BCUT2D eigenvalue weighted by Crippen LogP contribution is -2.54. The quantitative estimate of drug-likeness (QED) is 0.360. The Kier molecular flexibility index (Phi) is 8.28. The zero-order valence-electron chi connectivity index (χ0n) is 20.5. The molecule has 0 radical (unpaired) electrons. The van der Waals surface area contributed by atoms with Gasteiger partial charge in [-0.15, -0.1) is 0 Å². The second kappa shape index (κ2) is 11.8. The maximum atomic E-state index is 13.5. The van der Waals surface area contributed by atoms with Crippen molar-refractivity contribution in [2.24, 2.45) is 0 Å². The van der Waals surface area contributed by atoms with Crippen LogP contribution in [0.25, 0.3) is 0 Å². The van der Waals surface area contributed by atoms with Crippen molar-refractivity contribution < 1.29 is 28.3 Å². The molecule has 0 fully saturated rings. The van der Waals surface area contributed by atoms with Crippen molar-refractivity contribution in [1.82, 2.24) is 16.0 Å². The standard InChI is InChI=1S/C29H27F2N3O4/c1-17(32-29(38)26(35)20-14-21(30)16-22(31)15-20)27(36)34-25-23(18-8-4-2-5-9-18)12-13-24(33-28(25)37)19-10-6-3-7-11-19/h2-17,23-26,35H,1H3,(H,32,38)(H,33,37)(H,34,36)/t17-,23-,24-,25-,26+/m0/s1. The highest BCUT2D eigenvalue weighted by atomic mass is 19.1. The first-order valence-corrected chi connectivity index (χ1v) is 12.1. The molecule has 4 rings (SSSR count). The number of aliphatic hydroxyl groups excluding tert-OH is 1. The van der Waals surface area contributed by atoms with E-state index in [4.69, 9.17) is 0 Å². The molecule has 0 aliphatic carbocycles. The van der Waals surface area contributed by atoms with E-state index in [1.807, 2.05) is 72.8 Å². The van der Waals surface area contributed by atoms with Crippen LogP contribution in [0, 0.1) is 11.6 Å². The van der Waals surface area contributed by atoms with E-state index in [2.05, 4.69) is 16.0 Å². The summed E-state index contributed by atoms with van der Waals surface area (Å²) in [5.74, 6) is -4.52. The molecular weight excluding hydrogens is 492 g/mol. The minimum absolute atomic E-state index is 0.294. The molecule has 5 atom stereocenters. The van der Waals surface area contributed by atoms with Crippen molar-refractivity contribution >= 4 is 17.7 Å². The Hall–Kier alpha value is -4.37. The molecule has 3 aromatic carbocycles. The van der Waals surface area contributed by atoms with Crippen molar-refractivity contribution in [3.05, 3.63) is 119 Å². The van der Waals surface area contributed by atoms with Crippen molar-refractivity contribution in [2.75, 3.05) is 0 Å². The van der Waals surface area contributed by atoms with Gasteiger partial charge in [0.05, 0.1) is 6.04 Å². The first-order chi connectivity index (χ1) is 18.2. The summed E-state index contributed by atoms with van der Waals surface area (Å²) in [5, 5.41) is 18.2. The van der Waals surface area contributed by atoms with Crippen LogP contribution in [0.3, 0.4) is 0 Å².